The molecule has 30 heavy (non-hydrogen) atoms. The molecule has 0 radical (unpaired) electrons. The van der Waals surface area contributed by atoms with E-state index in [9.17, 15) is 4.79 Å². The smallest absolute Gasteiger partial charge is 0.263 e. The van der Waals surface area contributed by atoms with Crippen molar-refractivity contribution in [1.29, 1.82) is 0 Å². The summed E-state index contributed by atoms with van der Waals surface area (Å²) in [5.74, 6) is 1.25. The molecule has 1 heterocycles. The number of amides is 1. The van der Waals surface area contributed by atoms with E-state index in [-0.39, 0.29) is 24.6 Å². The van der Waals surface area contributed by atoms with Crippen LogP contribution in [0.3, 0.4) is 0 Å². The van der Waals surface area contributed by atoms with Gasteiger partial charge < -0.3 is 19.2 Å². The highest BCUT2D eigenvalue weighted by Gasteiger charge is 2.28. The second-order valence-electron chi connectivity index (χ2n) is 7.62. The Bertz CT molecular complexity index is 844. The number of hydrogen-bond acceptors (Lipinski definition) is 5. The lowest BCUT2D eigenvalue weighted by Crippen LogP contribution is -2.48. The first kappa shape index (κ1) is 21.7. The molecule has 0 aliphatic carbocycles. The van der Waals surface area contributed by atoms with Crippen molar-refractivity contribution in [2.24, 2.45) is 5.16 Å². The third-order valence-electron chi connectivity index (χ3n) is 5.37. The van der Waals surface area contributed by atoms with E-state index < -0.39 is 0 Å². The number of methoxy groups -OCH3 is 1. The molecule has 2 aromatic carbocycles. The second-order valence-corrected chi connectivity index (χ2v) is 7.62. The van der Waals surface area contributed by atoms with Crippen molar-refractivity contribution < 1.29 is 19.1 Å². The molecule has 0 saturated carbocycles. The molecule has 0 spiro atoms. The molecule has 1 fully saturated rings. The van der Waals surface area contributed by atoms with Crippen LogP contribution in [0.2, 0.25) is 0 Å². The fraction of sp³-hybridized carbons (Fsp3) is 0.417. The predicted octanol–water partition coefficient (Wildman–Crippen LogP) is 4.41. The van der Waals surface area contributed by atoms with Crippen LogP contribution in [-0.2, 0) is 16.2 Å². The highest BCUT2D eigenvalue weighted by molar-refractivity contribution is 5.81. The number of piperidine rings is 1. The summed E-state index contributed by atoms with van der Waals surface area (Å²) in [7, 11) is 1.61. The number of nitrogens with zero attached hydrogens (tertiary/aromatic N) is 2. The Hall–Kier alpha value is -3.02. The Morgan fingerprint density at radius 1 is 1.10 bits per heavy atom. The third-order valence-corrected chi connectivity index (χ3v) is 5.37. The number of benzene rings is 2. The van der Waals surface area contributed by atoms with Crippen LogP contribution in [0.4, 0.5) is 0 Å². The molecular weight excluding hydrogens is 380 g/mol. The number of carbonyl (C=O) groups excluding carboxylic acids is 1. The Morgan fingerprint density at radius 3 is 2.53 bits per heavy atom. The summed E-state index contributed by atoms with van der Waals surface area (Å²) in [6, 6.07) is 16.0. The summed E-state index contributed by atoms with van der Waals surface area (Å²) < 4.78 is 11.3. The van der Waals surface area contributed by atoms with Crippen molar-refractivity contribution in [1.82, 2.24) is 4.90 Å². The van der Waals surface area contributed by atoms with Crippen LogP contribution in [0.15, 0.2) is 53.7 Å². The maximum Gasteiger partial charge on any atom is 0.263 e. The van der Waals surface area contributed by atoms with Crippen LogP contribution < -0.4 is 9.47 Å². The van der Waals surface area contributed by atoms with Gasteiger partial charge >= 0.3 is 0 Å². The molecule has 0 bridgehead atoms. The average Bonchev–Trinajstić information content (AvgIpc) is 2.76. The zero-order valence-corrected chi connectivity index (χ0v) is 17.9. The Morgan fingerprint density at radius 2 is 1.83 bits per heavy atom. The summed E-state index contributed by atoms with van der Waals surface area (Å²) in [5, 5.41) is 3.97. The van der Waals surface area contributed by atoms with Crippen molar-refractivity contribution in [2.45, 2.75) is 51.8 Å². The second kappa shape index (κ2) is 10.7. The summed E-state index contributed by atoms with van der Waals surface area (Å²) in [5.41, 5.74) is 1.87. The minimum atomic E-state index is -0.0568. The van der Waals surface area contributed by atoms with E-state index in [2.05, 4.69) is 19.0 Å². The van der Waals surface area contributed by atoms with Crippen molar-refractivity contribution in [2.75, 3.05) is 13.7 Å². The van der Waals surface area contributed by atoms with Gasteiger partial charge in [-0.25, -0.2) is 0 Å². The van der Waals surface area contributed by atoms with Crippen LogP contribution in [-0.4, -0.2) is 42.8 Å². The predicted molar refractivity (Wildman–Crippen MR) is 117 cm³/mol. The number of oxime groups is 1. The van der Waals surface area contributed by atoms with Gasteiger partial charge in [0.2, 0.25) is 0 Å². The molecule has 2 aromatic rings. The molecular formula is C24H30N2O4. The van der Waals surface area contributed by atoms with E-state index in [1.807, 2.05) is 53.4 Å². The molecule has 1 saturated heterocycles. The van der Waals surface area contributed by atoms with Crippen LogP contribution in [0.25, 0.3) is 0 Å². The number of ether oxygens (including phenoxy) is 2. The Balaban J connectivity index is 1.56. The maximum absolute atomic E-state index is 12.5. The van der Waals surface area contributed by atoms with Crippen LogP contribution >= 0.6 is 0 Å². The SMILES string of the molecule is COc1ccc(C=NOCC(=O)N2C(C)CCCC2C)cc1OCc1ccccc1. The topological polar surface area (TPSA) is 60.4 Å². The van der Waals surface area contributed by atoms with Crippen LogP contribution in [0.5, 0.6) is 11.5 Å². The summed E-state index contributed by atoms with van der Waals surface area (Å²) in [6.45, 7) is 4.56. The summed E-state index contributed by atoms with van der Waals surface area (Å²) >= 11 is 0. The van der Waals surface area contributed by atoms with Gasteiger partial charge in [0.25, 0.3) is 5.91 Å². The molecule has 2 atom stereocenters. The minimum absolute atomic E-state index is 0.0199. The minimum Gasteiger partial charge on any atom is -0.493 e. The molecule has 0 N–H and O–H groups in total. The standard InChI is InChI=1S/C24H30N2O4/c1-18-8-7-9-19(2)26(18)24(27)17-30-25-15-21-12-13-22(28-3)23(14-21)29-16-20-10-5-4-6-11-20/h4-6,10-15,18-19H,7-9,16-17H2,1-3H3. The van der Waals surface area contributed by atoms with Gasteiger partial charge in [0.15, 0.2) is 18.1 Å². The first-order chi connectivity index (χ1) is 14.6. The van der Waals surface area contributed by atoms with Crippen LogP contribution in [0.1, 0.15) is 44.2 Å². The first-order valence-electron chi connectivity index (χ1n) is 10.4. The van der Waals surface area contributed by atoms with Crippen LogP contribution in [0, 0.1) is 0 Å². The van der Waals surface area contributed by atoms with E-state index in [0.717, 1.165) is 30.4 Å². The first-order valence-corrected chi connectivity index (χ1v) is 10.4. The normalized spacial score (nSPS) is 19.0. The largest absolute Gasteiger partial charge is 0.493 e. The highest BCUT2D eigenvalue weighted by atomic mass is 16.6. The molecule has 3 rings (SSSR count). The Labute approximate surface area is 178 Å². The zero-order chi connectivity index (χ0) is 21.3. The Kier molecular flexibility index (Phi) is 7.71. The molecule has 6 nitrogen and oxygen atoms in total. The zero-order valence-electron chi connectivity index (χ0n) is 17.9. The average molecular weight is 411 g/mol. The van der Waals surface area contributed by atoms with Crippen molar-refractivity contribution in [3.8, 4) is 11.5 Å². The maximum atomic E-state index is 12.5. The lowest BCUT2D eigenvalue weighted by Gasteiger charge is -2.38. The number of rotatable bonds is 8. The van der Waals surface area contributed by atoms with Gasteiger partial charge in [-0.2, -0.15) is 0 Å². The van der Waals surface area contributed by atoms with Gasteiger partial charge in [0.05, 0.1) is 13.3 Å². The van der Waals surface area contributed by atoms with E-state index in [0.29, 0.717) is 18.1 Å². The van der Waals surface area contributed by atoms with Gasteiger partial charge in [-0.15, -0.1) is 0 Å². The van der Waals surface area contributed by atoms with E-state index in [1.54, 1.807) is 13.3 Å². The molecule has 1 aliphatic rings. The summed E-state index contributed by atoms with van der Waals surface area (Å²) in [4.78, 5) is 19.7. The fourth-order valence-corrected chi connectivity index (χ4v) is 3.80. The van der Waals surface area contributed by atoms with Crippen molar-refractivity contribution in [3.63, 3.8) is 0 Å². The van der Waals surface area contributed by atoms with Gasteiger partial charge in [0, 0.05) is 17.6 Å². The molecule has 160 valence electrons. The van der Waals surface area contributed by atoms with E-state index >= 15 is 0 Å². The molecule has 1 aliphatic heterocycles. The lowest BCUT2D eigenvalue weighted by atomic mass is 9.97. The van der Waals surface area contributed by atoms with Gasteiger partial charge in [-0.3, -0.25) is 4.79 Å². The quantitative estimate of drug-likeness (QED) is 0.478. The number of hydrogen-bond donors (Lipinski definition) is 0. The lowest BCUT2D eigenvalue weighted by molar-refractivity contribution is -0.142. The van der Waals surface area contributed by atoms with E-state index in [4.69, 9.17) is 14.3 Å². The molecule has 0 aromatic heterocycles. The highest BCUT2D eigenvalue weighted by Crippen LogP contribution is 2.28. The van der Waals surface area contributed by atoms with Crippen molar-refractivity contribution >= 4 is 12.1 Å². The van der Waals surface area contributed by atoms with Gasteiger partial charge in [0.1, 0.15) is 6.61 Å². The fourth-order valence-electron chi connectivity index (χ4n) is 3.80. The molecule has 6 heteroatoms. The van der Waals surface area contributed by atoms with Gasteiger partial charge in [-0.1, -0.05) is 35.5 Å². The third kappa shape index (κ3) is 5.75. The van der Waals surface area contributed by atoms with Crippen molar-refractivity contribution in [3.05, 3.63) is 59.7 Å². The number of likely N-dealkylation sites (tertiary alicyclic amines) is 1. The molecule has 2 unspecified atom stereocenters. The van der Waals surface area contributed by atoms with E-state index in [1.165, 1.54) is 0 Å². The number of carbonyl (C=O) groups is 1. The monoisotopic (exact) mass is 410 g/mol. The van der Waals surface area contributed by atoms with Gasteiger partial charge in [-0.05, 0) is 56.9 Å². The molecule has 1 amide bonds. The summed E-state index contributed by atoms with van der Waals surface area (Å²) in [6.07, 6.45) is 4.82.